The highest BCUT2D eigenvalue weighted by atomic mass is 32.1. The van der Waals surface area contributed by atoms with Crippen molar-refractivity contribution >= 4 is 11.3 Å². The molecule has 2 atom stereocenters. The number of aryl methyl sites for hydroxylation is 1. The second-order valence-electron chi connectivity index (χ2n) is 6.13. The standard InChI is InChI=1S/C15H27N3S/c1-11(2)8-14-9-18(7-5-6-16-14)13(4)15-17-12(3)10-19-15/h10-11,13-14,16H,5-9H2,1-4H3. The maximum absolute atomic E-state index is 4.66. The van der Waals surface area contributed by atoms with E-state index in [-0.39, 0.29) is 0 Å². The first kappa shape index (κ1) is 14.9. The summed E-state index contributed by atoms with van der Waals surface area (Å²) in [6.45, 7) is 12.5. The van der Waals surface area contributed by atoms with Gasteiger partial charge < -0.3 is 5.32 Å². The first-order chi connectivity index (χ1) is 9.06. The smallest absolute Gasteiger partial charge is 0.110 e. The molecule has 1 aliphatic rings. The Morgan fingerprint density at radius 2 is 2.26 bits per heavy atom. The number of thiazole rings is 1. The van der Waals surface area contributed by atoms with Gasteiger partial charge in [0.2, 0.25) is 0 Å². The highest BCUT2D eigenvalue weighted by Gasteiger charge is 2.24. The zero-order valence-corrected chi connectivity index (χ0v) is 13.5. The number of hydrogen-bond donors (Lipinski definition) is 1. The Balaban J connectivity index is 2.01. The summed E-state index contributed by atoms with van der Waals surface area (Å²) in [4.78, 5) is 7.26. The second-order valence-corrected chi connectivity index (χ2v) is 7.02. The summed E-state index contributed by atoms with van der Waals surface area (Å²) < 4.78 is 0. The first-order valence-corrected chi connectivity index (χ1v) is 8.33. The van der Waals surface area contributed by atoms with Crippen molar-refractivity contribution in [3.8, 4) is 0 Å². The Hall–Kier alpha value is -0.450. The molecule has 2 heterocycles. The van der Waals surface area contributed by atoms with Gasteiger partial charge in [-0.25, -0.2) is 4.98 Å². The van der Waals surface area contributed by atoms with Crippen LogP contribution in [-0.4, -0.2) is 35.6 Å². The van der Waals surface area contributed by atoms with E-state index in [0.29, 0.717) is 12.1 Å². The summed E-state index contributed by atoms with van der Waals surface area (Å²) in [6, 6.07) is 1.08. The zero-order chi connectivity index (χ0) is 13.8. The highest BCUT2D eigenvalue weighted by molar-refractivity contribution is 7.09. The van der Waals surface area contributed by atoms with Crippen LogP contribution in [0, 0.1) is 12.8 Å². The fourth-order valence-electron chi connectivity index (χ4n) is 2.83. The van der Waals surface area contributed by atoms with Crippen LogP contribution in [0.5, 0.6) is 0 Å². The number of nitrogens with zero attached hydrogens (tertiary/aromatic N) is 2. The van der Waals surface area contributed by atoms with E-state index in [1.807, 2.05) is 0 Å². The van der Waals surface area contributed by atoms with E-state index < -0.39 is 0 Å². The molecule has 0 saturated carbocycles. The molecule has 0 aromatic carbocycles. The van der Waals surface area contributed by atoms with E-state index in [1.54, 1.807) is 11.3 Å². The molecule has 19 heavy (non-hydrogen) atoms. The van der Waals surface area contributed by atoms with Crippen molar-refractivity contribution in [2.45, 2.75) is 52.6 Å². The molecule has 0 bridgehead atoms. The average Bonchev–Trinajstić information content (AvgIpc) is 2.64. The Kier molecular flexibility index (Phi) is 5.37. The molecule has 108 valence electrons. The van der Waals surface area contributed by atoms with Gasteiger partial charge >= 0.3 is 0 Å². The van der Waals surface area contributed by atoms with Gasteiger partial charge in [-0.05, 0) is 39.2 Å². The number of aromatic nitrogens is 1. The summed E-state index contributed by atoms with van der Waals surface area (Å²) in [7, 11) is 0. The molecular weight excluding hydrogens is 254 g/mol. The topological polar surface area (TPSA) is 28.2 Å². The molecule has 2 unspecified atom stereocenters. The van der Waals surface area contributed by atoms with E-state index in [0.717, 1.165) is 24.7 Å². The minimum Gasteiger partial charge on any atom is -0.313 e. The van der Waals surface area contributed by atoms with Crippen molar-refractivity contribution in [3.63, 3.8) is 0 Å². The maximum Gasteiger partial charge on any atom is 0.110 e. The van der Waals surface area contributed by atoms with Gasteiger partial charge in [0, 0.05) is 30.2 Å². The minimum absolute atomic E-state index is 0.452. The molecule has 0 spiro atoms. The third-order valence-electron chi connectivity index (χ3n) is 3.81. The third kappa shape index (κ3) is 4.26. The summed E-state index contributed by atoms with van der Waals surface area (Å²) in [6.07, 6.45) is 2.50. The second kappa shape index (κ2) is 6.82. The molecule has 1 aromatic heterocycles. The largest absolute Gasteiger partial charge is 0.313 e. The lowest BCUT2D eigenvalue weighted by Crippen LogP contribution is -2.39. The predicted octanol–water partition coefficient (Wildman–Crippen LogP) is 3.22. The van der Waals surface area contributed by atoms with Gasteiger partial charge in [0.1, 0.15) is 5.01 Å². The van der Waals surface area contributed by atoms with Gasteiger partial charge in [-0.2, -0.15) is 0 Å². The van der Waals surface area contributed by atoms with Crippen molar-refractivity contribution < 1.29 is 0 Å². The molecule has 4 heteroatoms. The minimum atomic E-state index is 0.452. The lowest BCUT2D eigenvalue weighted by molar-refractivity contribution is 0.199. The summed E-state index contributed by atoms with van der Waals surface area (Å²) in [5.41, 5.74) is 1.15. The molecule has 1 fully saturated rings. The summed E-state index contributed by atoms with van der Waals surface area (Å²) >= 11 is 1.80. The lowest BCUT2D eigenvalue weighted by Gasteiger charge is -2.29. The fraction of sp³-hybridized carbons (Fsp3) is 0.800. The van der Waals surface area contributed by atoms with Crippen LogP contribution in [0.4, 0.5) is 0 Å². The van der Waals surface area contributed by atoms with Crippen LogP contribution < -0.4 is 5.32 Å². The van der Waals surface area contributed by atoms with Gasteiger partial charge in [-0.3, -0.25) is 4.90 Å². The van der Waals surface area contributed by atoms with Crippen molar-refractivity contribution in [2.75, 3.05) is 19.6 Å². The SMILES string of the molecule is Cc1csc(C(C)N2CCCNC(CC(C)C)C2)n1. The highest BCUT2D eigenvalue weighted by Crippen LogP contribution is 2.25. The van der Waals surface area contributed by atoms with Crippen molar-refractivity contribution in [2.24, 2.45) is 5.92 Å². The average molecular weight is 281 g/mol. The van der Waals surface area contributed by atoms with Crippen LogP contribution in [0.25, 0.3) is 0 Å². The molecule has 1 N–H and O–H groups in total. The number of hydrogen-bond acceptors (Lipinski definition) is 4. The number of nitrogens with one attached hydrogen (secondary N) is 1. The first-order valence-electron chi connectivity index (χ1n) is 7.45. The summed E-state index contributed by atoms with van der Waals surface area (Å²) in [5, 5.41) is 7.12. The molecule has 0 radical (unpaired) electrons. The quantitative estimate of drug-likeness (QED) is 0.918. The molecule has 0 amide bonds. The van der Waals surface area contributed by atoms with Gasteiger partial charge in [0.25, 0.3) is 0 Å². The van der Waals surface area contributed by atoms with Gasteiger partial charge in [-0.1, -0.05) is 13.8 Å². The van der Waals surface area contributed by atoms with Gasteiger partial charge in [0.15, 0.2) is 0 Å². The predicted molar refractivity (Wildman–Crippen MR) is 82.7 cm³/mol. The van der Waals surface area contributed by atoms with Crippen LogP contribution in [0.2, 0.25) is 0 Å². The van der Waals surface area contributed by atoms with E-state index in [4.69, 9.17) is 0 Å². The van der Waals surface area contributed by atoms with Crippen LogP contribution in [0.15, 0.2) is 5.38 Å². The van der Waals surface area contributed by atoms with Crippen molar-refractivity contribution in [1.82, 2.24) is 15.2 Å². The maximum atomic E-state index is 4.66. The van der Waals surface area contributed by atoms with Crippen LogP contribution in [0.1, 0.15) is 50.4 Å². The van der Waals surface area contributed by atoms with E-state index >= 15 is 0 Å². The molecule has 1 aliphatic heterocycles. The van der Waals surface area contributed by atoms with Crippen LogP contribution in [0.3, 0.4) is 0 Å². The Morgan fingerprint density at radius 3 is 2.89 bits per heavy atom. The fourth-order valence-corrected chi connectivity index (χ4v) is 3.71. The normalized spacial score (nSPS) is 23.5. The van der Waals surface area contributed by atoms with E-state index in [9.17, 15) is 0 Å². The third-order valence-corrected chi connectivity index (χ3v) is 4.94. The van der Waals surface area contributed by atoms with Crippen molar-refractivity contribution in [3.05, 3.63) is 16.1 Å². The van der Waals surface area contributed by atoms with E-state index in [1.165, 1.54) is 24.4 Å². The molecule has 2 rings (SSSR count). The molecule has 3 nitrogen and oxygen atoms in total. The molecule has 1 aromatic rings. The lowest BCUT2D eigenvalue weighted by atomic mass is 10.0. The molecular formula is C15H27N3S. The summed E-state index contributed by atoms with van der Waals surface area (Å²) in [5.74, 6) is 0.759. The Bertz CT molecular complexity index is 388. The number of rotatable bonds is 4. The van der Waals surface area contributed by atoms with E-state index in [2.05, 4.69) is 48.3 Å². The van der Waals surface area contributed by atoms with Crippen LogP contribution >= 0.6 is 11.3 Å². The monoisotopic (exact) mass is 281 g/mol. The van der Waals surface area contributed by atoms with Crippen molar-refractivity contribution in [1.29, 1.82) is 0 Å². The molecule has 1 saturated heterocycles. The van der Waals surface area contributed by atoms with Gasteiger partial charge in [0.05, 0.1) is 6.04 Å². The van der Waals surface area contributed by atoms with Crippen LogP contribution in [-0.2, 0) is 0 Å². The molecule has 0 aliphatic carbocycles. The van der Waals surface area contributed by atoms with Gasteiger partial charge in [-0.15, -0.1) is 11.3 Å². The zero-order valence-electron chi connectivity index (χ0n) is 12.6. The Morgan fingerprint density at radius 1 is 1.47 bits per heavy atom. The Labute approximate surface area is 121 Å².